The molecule has 2 N–H and O–H groups in total. The minimum Gasteiger partial charge on any atom is -0.342 e. The van der Waals surface area contributed by atoms with E-state index in [1.807, 2.05) is 36.6 Å². The highest BCUT2D eigenvalue weighted by atomic mass is 35.5. The minimum absolute atomic E-state index is 0.129. The second-order valence-corrected chi connectivity index (χ2v) is 8.47. The molecule has 0 unspecified atom stereocenters. The molecule has 0 aliphatic rings. The molecule has 3 rings (SSSR count). The van der Waals surface area contributed by atoms with Crippen LogP contribution in [-0.2, 0) is 11.3 Å². The van der Waals surface area contributed by atoms with Crippen LogP contribution < -0.4 is 10.6 Å². The van der Waals surface area contributed by atoms with Crippen molar-refractivity contribution in [3.63, 3.8) is 0 Å². The van der Waals surface area contributed by atoms with Crippen LogP contribution in [0.4, 0.5) is 5.69 Å². The third kappa shape index (κ3) is 5.99. The van der Waals surface area contributed by atoms with Gasteiger partial charge >= 0.3 is 0 Å². The Balaban J connectivity index is 1.67. The topological polar surface area (TPSA) is 88.9 Å². The van der Waals surface area contributed by atoms with Crippen molar-refractivity contribution in [2.24, 2.45) is 0 Å². The Morgan fingerprint density at radius 1 is 1.22 bits per heavy atom. The largest absolute Gasteiger partial charge is 0.342 e. The van der Waals surface area contributed by atoms with E-state index in [-0.39, 0.29) is 23.6 Å². The van der Waals surface area contributed by atoms with E-state index in [0.717, 1.165) is 5.56 Å². The molecule has 7 nitrogen and oxygen atoms in total. The van der Waals surface area contributed by atoms with Crippen molar-refractivity contribution < 1.29 is 9.59 Å². The smallest absolute Gasteiger partial charge is 0.251 e. The van der Waals surface area contributed by atoms with Gasteiger partial charge in [0.15, 0.2) is 11.0 Å². The van der Waals surface area contributed by atoms with Crippen LogP contribution in [-0.4, -0.2) is 32.3 Å². The number of para-hydroxylation sites is 1. The first-order valence-electron chi connectivity index (χ1n) is 9.97. The molecule has 1 aromatic heterocycles. The zero-order valence-corrected chi connectivity index (χ0v) is 19.4. The van der Waals surface area contributed by atoms with Gasteiger partial charge in [0.2, 0.25) is 5.91 Å². The molecule has 2 aromatic carbocycles. The summed E-state index contributed by atoms with van der Waals surface area (Å²) in [5, 5.41) is 15.2. The van der Waals surface area contributed by atoms with Crippen molar-refractivity contribution in [1.29, 1.82) is 0 Å². The Morgan fingerprint density at radius 3 is 2.72 bits per heavy atom. The molecule has 9 heteroatoms. The highest BCUT2D eigenvalue weighted by molar-refractivity contribution is 7.99. The maximum atomic E-state index is 12.6. The highest BCUT2D eigenvalue weighted by Gasteiger charge is 2.20. The van der Waals surface area contributed by atoms with E-state index < -0.39 is 0 Å². The van der Waals surface area contributed by atoms with Gasteiger partial charge in [0.1, 0.15) is 0 Å². The van der Waals surface area contributed by atoms with Crippen molar-refractivity contribution in [2.45, 2.75) is 31.6 Å². The molecule has 0 fully saturated rings. The standard InChI is InChI=1S/C23H24ClN5O2S/c1-4-12-29-21(16(3)25-22(31)17-9-7-8-15(2)13-17)27-28-23(29)32-14-20(30)26-19-11-6-5-10-18(19)24/h4-11,13,16H,1,12,14H2,2-3H3,(H,25,31)(H,26,30)/t16-/m1/s1. The number of thioether (sulfide) groups is 1. The second-order valence-electron chi connectivity index (χ2n) is 7.12. The molecule has 1 atom stereocenters. The van der Waals surface area contributed by atoms with E-state index in [0.29, 0.717) is 33.8 Å². The number of hydrogen-bond donors (Lipinski definition) is 2. The van der Waals surface area contributed by atoms with Crippen molar-refractivity contribution in [3.05, 3.63) is 83.2 Å². The van der Waals surface area contributed by atoms with Crippen LogP contribution in [0.3, 0.4) is 0 Å². The molecule has 0 aliphatic carbocycles. The Bertz CT molecular complexity index is 1130. The average Bonchev–Trinajstić information content (AvgIpc) is 3.17. The Hall–Kier alpha value is -3.10. The summed E-state index contributed by atoms with van der Waals surface area (Å²) in [5.74, 6) is 0.311. The van der Waals surface area contributed by atoms with Gasteiger partial charge in [-0.05, 0) is 38.1 Å². The average molecular weight is 470 g/mol. The molecule has 0 saturated carbocycles. The monoisotopic (exact) mass is 469 g/mol. The van der Waals surface area contributed by atoms with Crippen molar-refractivity contribution in [1.82, 2.24) is 20.1 Å². The fourth-order valence-electron chi connectivity index (χ4n) is 3.04. The number of aromatic nitrogens is 3. The number of carbonyl (C=O) groups is 2. The van der Waals surface area contributed by atoms with Gasteiger partial charge in [0, 0.05) is 12.1 Å². The van der Waals surface area contributed by atoms with Gasteiger partial charge in [0.05, 0.1) is 22.5 Å². The van der Waals surface area contributed by atoms with E-state index in [1.54, 1.807) is 36.4 Å². The fraction of sp³-hybridized carbons (Fsp3) is 0.217. The third-order valence-electron chi connectivity index (χ3n) is 4.55. The summed E-state index contributed by atoms with van der Waals surface area (Å²) in [7, 11) is 0. The predicted octanol–water partition coefficient (Wildman–Crippen LogP) is 4.65. The summed E-state index contributed by atoms with van der Waals surface area (Å²) in [6.07, 6.45) is 1.72. The number of aryl methyl sites for hydroxylation is 1. The number of benzene rings is 2. The maximum absolute atomic E-state index is 12.6. The van der Waals surface area contributed by atoms with Crippen molar-refractivity contribution in [2.75, 3.05) is 11.1 Å². The highest BCUT2D eigenvalue weighted by Crippen LogP contribution is 2.23. The molecule has 3 aromatic rings. The molecule has 0 radical (unpaired) electrons. The number of halogens is 1. The lowest BCUT2D eigenvalue weighted by molar-refractivity contribution is -0.113. The van der Waals surface area contributed by atoms with E-state index in [4.69, 9.17) is 11.6 Å². The van der Waals surface area contributed by atoms with Crippen LogP contribution in [0.5, 0.6) is 0 Å². The first-order chi connectivity index (χ1) is 15.4. The zero-order valence-electron chi connectivity index (χ0n) is 17.8. The molecular formula is C23H24ClN5O2S. The normalized spacial score (nSPS) is 11.6. The van der Waals surface area contributed by atoms with Gasteiger partial charge in [-0.3, -0.25) is 9.59 Å². The van der Waals surface area contributed by atoms with E-state index in [2.05, 4.69) is 27.4 Å². The molecule has 1 heterocycles. The summed E-state index contributed by atoms with van der Waals surface area (Å²) in [6.45, 7) is 8.01. The van der Waals surface area contributed by atoms with Gasteiger partial charge in [-0.15, -0.1) is 16.8 Å². The molecule has 2 amide bonds. The van der Waals surface area contributed by atoms with Crippen LogP contribution in [0, 0.1) is 6.92 Å². The SMILES string of the molecule is C=CCn1c(SCC(=O)Nc2ccccc2Cl)nnc1[C@@H](C)NC(=O)c1cccc(C)c1. The number of rotatable bonds is 9. The molecule has 0 saturated heterocycles. The first-order valence-corrected chi connectivity index (χ1v) is 11.3. The lowest BCUT2D eigenvalue weighted by Gasteiger charge is -2.15. The van der Waals surface area contributed by atoms with Crippen LogP contribution in [0.25, 0.3) is 0 Å². The lowest BCUT2D eigenvalue weighted by Crippen LogP contribution is -2.29. The van der Waals surface area contributed by atoms with Gasteiger partial charge < -0.3 is 15.2 Å². The summed E-state index contributed by atoms with van der Waals surface area (Å²) >= 11 is 7.34. The third-order valence-corrected chi connectivity index (χ3v) is 5.85. The van der Waals surface area contributed by atoms with E-state index >= 15 is 0 Å². The second kappa shape index (κ2) is 11.0. The number of allylic oxidation sites excluding steroid dienone is 1. The lowest BCUT2D eigenvalue weighted by atomic mass is 10.1. The Labute approximate surface area is 196 Å². The van der Waals surface area contributed by atoms with Gasteiger partial charge in [0.25, 0.3) is 5.91 Å². The number of carbonyl (C=O) groups excluding carboxylic acids is 2. The first kappa shape index (κ1) is 23.6. The number of anilines is 1. The molecule has 32 heavy (non-hydrogen) atoms. The molecule has 166 valence electrons. The quantitative estimate of drug-likeness (QED) is 0.352. The Morgan fingerprint density at radius 2 is 2.00 bits per heavy atom. The van der Waals surface area contributed by atoms with Crippen molar-refractivity contribution in [3.8, 4) is 0 Å². The summed E-state index contributed by atoms with van der Waals surface area (Å²) in [4.78, 5) is 25.0. The van der Waals surface area contributed by atoms with Gasteiger partial charge in [-0.2, -0.15) is 0 Å². The molecule has 0 aliphatic heterocycles. The van der Waals surface area contributed by atoms with Crippen LogP contribution in [0.2, 0.25) is 5.02 Å². The zero-order chi connectivity index (χ0) is 23.1. The van der Waals surface area contributed by atoms with Crippen LogP contribution in [0.1, 0.15) is 34.7 Å². The molecular weight excluding hydrogens is 446 g/mol. The minimum atomic E-state index is -0.387. The number of amides is 2. The summed E-state index contributed by atoms with van der Waals surface area (Å²) in [6, 6.07) is 14.0. The number of nitrogens with zero attached hydrogens (tertiary/aromatic N) is 3. The summed E-state index contributed by atoms with van der Waals surface area (Å²) < 4.78 is 1.83. The Kier molecular flexibility index (Phi) is 8.08. The van der Waals surface area contributed by atoms with Crippen LogP contribution >= 0.6 is 23.4 Å². The fourth-order valence-corrected chi connectivity index (χ4v) is 3.98. The number of hydrogen-bond acceptors (Lipinski definition) is 5. The molecule has 0 bridgehead atoms. The van der Waals surface area contributed by atoms with Gasteiger partial charge in [-0.25, -0.2) is 0 Å². The van der Waals surface area contributed by atoms with Crippen molar-refractivity contribution >= 4 is 40.9 Å². The summed E-state index contributed by atoms with van der Waals surface area (Å²) in [5.41, 5.74) is 2.15. The number of nitrogens with one attached hydrogen (secondary N) is 2. The maximum Gasteiger partial charge on any atom is 0.251 e. The predicted molar refractivity (Wildman–Crippen MR) is 128 cm³/mol. The van der Waals surface area contributed by atoms with E-state index in [1.165, 1.54) is 11.8 Å². The van der Waals surface area contributed by atoms with Gasteiger partial charge in [-0.1, -0.05) is 59.3 Å². The van der Waals surface area contributed by atoms with Crippen LogP contribution in [0.15, 0.2) is 66.3 Å². The van der Waals surface area contributed by atoms with E-state index in [9.17, 15) is 9.59 Å². The molecule has 0 spiro atoms.